The van der Waals surface area contributed by atoms with E-state index >= 15 is 0 Å². The molecule has 0 radical (unpaired) electrons. The predicted molar refractivity (Wildman–Crippen MR) is 68.3 cm³/mol. The molecular weight excluding hydrogens is 238 g/mol. The van der Waals surface area contributed by atoms with E-state index in [-0.39, 0.29) is 6.10 Å². The minimum atomic E-state index is 0.268. The minimum absolute atomic E-state index is 0.268. The molecule has 1 aliphatic rings. The van der Waals surface area contributed by atoms with Crippen LogP contribution in [0.15, 0.2) is 12.4 Å². The molecule has 1 N–H and O–H groups in total. The average molecular weight is 258 g/mol. The molecule has 1 aromatic heterocycles. The Morgan fingerprint density at radius 2 is 2.29 bits per heavy atom. The SMILES string of the molecule is CC(C)NCC1CCC(Cn2cc(Cl)cn2)O1. The van der Waals surface area contributed by atoms with Gasteiger partial charge >= 0.3 is 0 Å². The zero-order chi connectivity index (χ0) is 12.3. The van der Waals surface area contributed by atoms with Crippen LogP contribution in [0.25, 0.3) is 0 Å². The van der Waals surface area contributed by atoms with Crippen molar-refractivity contribution in [3.8, 4) is 0 Å². The number of hydrogen-bond acceptors (Lipinski definition) is 3. The van der Waals surface area contributed by atoms with E-state index < -0.39 is 0 Å². The van der Waals surface area contributed by atoms with Crippen molar-refractivity contribution >= 4 is 11.6 Å². The van der Waals surface area contributed by atoms with Gasteiger partial charge in [-0.05, 0) is 12.8 Å². The monoisotopic (exact) mass is 257 g/mol. The first-order valence-electron chi connectivity index (χ1n) is 6.20. The van der Waals surface area contributed by atoms with Crippen LogP contribution in [-0.4, -0.2) is 34.6 Å². The first-order valence-corrected chi connectivity index (χ1v) is 6.58. The number of nitrogens with zero attached hydrogens (tertiary/aromatic N) is 2. The molecule has 1 aromatic rings. The van der Waals surface area contributed by atoms with Crippen molar-refractivity contribution in [2.45, 2.75) is 51.5 Å². The Morgan fingerprint density at radius 1 is 1.53 bits per heavy atom. The fourth-order valence-electron chi connectivity index (χ4n) is 2.08. The zero-order valence-electron chi connectivity index (χ0n) is 10.4. The molecule has 1 aliphatic heterocycles. The van der Waals surface area contributed by atoms with Gasteiger partial charge in [-0.25, -0.2) is 0 Å². The Bertz CT molecular complexity index is 353. The first-order chi connectivity index (χ1) is 8.13. The van der Waals surface area contributed by atoms with Crippen LogP contribution in [0, 0.1) is 0 Å². The Hall–Kier alpha value is -0.580. The van der Waals surface area contributed by atoms with Crippen LogP contribution in [0.5, 0.6) is 0 Å². The predicted octanol–water partition coefficient (Wildman–Crippen LogP) is 2.08. The normalized spacial score (nSPS) is 24.7. The molecule has 0 amide bonds. The van der Waals surface area contributed by atoms with E-state index in [2.05, 4.69) is 24.3 Å². The van der Waals surface area contributed by atoms with Gasteiger partial charge in [0.25, 0.3) is 0 Å². The van der Waals surface area contributed by atoms with Gasteiger partial charge in [-0.1, -0.05) is 25.4 Å². The highest BCUT2D eigenvalue weighted by molar-refractivity contribution is 6.30. The van der Waals surface area contributed by atoms with Gasteiger partial charge in [-0.2, -0.15) is 5.10 Å². The second-order valence-electron chi connectivity index (χ2n) is 4.90. The molecule has 2 atom stereocenters. The van der Waals surface area contributed by atoms with E-state index in [0.29, 0.717) is 17.2 Å². The molecule has 17 heavy (non-hydrogen) atoms. The third kappa shape index (κ3) is 3.98. The van der Waals surface area contributed by atoms with Crippen LogP contribution in [-0.2, 0) is 11.3 Å². The van der Waals surface area contributed by atoms with Crippen molar-refractivity contribution in [2.24, 2.45) is 0 Å². The van der Waals surface area contributed by atoms with E-state index in [0.717, 1.165) is 25.9 Å². The molecule has 0 saturated carbocycles. The number of hydrogen-bond donors (Lipinski definition) is 1. The van der Waals surface area contributed by atoms with Crippen molar-refractivity contribution in [3.05, 3.63) is 17.4 Å². The number of ether oxygens (including phenoxy) is 1. The summed E-state index contributed by atoms with van der Waals surface area (Å²) in [5.41, 5.74) is 0. The van der Waals surface area contributed by atoms with Gasteiger partial charge in [0.15, 0.2) is 0 Å². The maximum absolute atomic E-state index is 5.96. The number of aromatic nitrogens is 2. The second-order valence-corrected chi connectivity index (χ2v) is 5.34. The molecular formula is C12H20ClN3O. The van der Waals surface area contributed by atoms with E-state index in [9.17, 15) is 0 Å². The van der Waals surface area contributed by atoms with Crippen LogP contribution in [0.3, 0.4) is 0 Å². The van der Waals surface area contributed by atoms with E-state index in [1.807, 2.05) is 10.9 Å². The summed E-state index contributed by atoms with van der Waals surface area (Å²) in [6, 6.07) is 0.516. The van der Waals surface area contributed by atoms with Crippen LogP contribution >= 0.6 is 11.6 Å². The lowest BCUT2D eigenvalue weighted by molar-refractivity contribution is 0.0333. The lowest BCUT2D eigenvalue weighted by Crippen LogP contribution is -2.32. The number of rotatable bonds is 5. The summed E-state index contributed by atoms with van der Waals surface area (Å²) in [6.07, 6.45) is 6.33. The lowest BCUT2D eigenvalue weighted by atomic mass is 10.2. The van der Waals surface area contributed by atoms with Crippen LogP contribution < -0.4 is 5.32 Å². The fourth-order valence-corrected chi connectivity index (χ4v) is 2.23. The molecule has 0 aromatic carbocycles. The minimum Gasteiger partial charge on any atom is -0.372 e. The largest absolute Gasteiger partial charge is 0.372 e. The topological polar surface area (TPSA) is 39.1 Å². The Balaban J connectivity index is 1.74. The third-order valence-electron chi connectivity index (χ3n) is 2.94. The summed E-state index contributed by atoms with van der Waals surface area (Å²) in [6.45, 7) is 6.04. The standard InChI is InChI=1S/C12H20ClN3O/c1-9(2)14-6-11-3-4-12(17-11)8-16-7-10(13)5-15-16/h5,7,9,11-12,14H,3-4,6,8H2,1-2H3. The molecule has 2 unspecified atom stereocenters. The summed E-state index contributed by atoms with van der Waals surface area (Å²) in [5.74, 6) is 0. The van der Waals surface area contributed by atoms with E-state index in [4.69, 9.17) is 16.3 Å². The molecule has 1 saturated heterocycles. The summed E-state index contributed by atoms with van der Waals surface area (Å²) in [7, 11) is 0. The van der Waals surface area contributed by atoms with Gasteiger partial charge in [0.1, 0.15) is 0 Å². The van der Waals surface area contributed by atoms with Crippen molar-refractivity contribution in [1.82, 2.24) is 15.1 Å². The third-order valence-corrected chi connectivity index (χ3v) is 3.14. The molecule has 2 heterocycles. The van der Waals surface area contributed by atoms with Crippen molar-refractivity contribution in [2.75, 3.05) is 6.54 Å². The van der Waals surface area contributed by atoms with Gasteiger partial charge in [-0.3, -0.25) is 4.68 Å². The fraction of sp³-hybridized carbons (Fsp3) is 0.750. The molecule has 0 aliphatic carbocycles. The first kappa shape index (κ1) is 12.9. The van der Waals surface area contributed by atoms with Crippen LogP contribution in [0.2, 0.25) is 5.02 Å². The average Bonchev–Trinajstić information content (AvgIpc) is 2.86. The number of nitrogens with one attached hydrogen (secondary N) is 1. The van der Waals surface area contributed by atoms with Gasteiger partial charge in [0.05, 0.1) is 30.0 Å². The van der Waals surface area contributed by atoms with E-state index in [1.54, 1.807) is 6.20 Å². The second kappa shape index (κ2) is 5.85. The summed E-state index contributed by atoms with van der Waals surface area (Å²) < 4.78 is 7.81. The Morgan fingerprint density at radius 3 is 2.94 bits per heavy atom. The molecule has 4 nitrogen and oxygen atoms in total. The smallest absolute Gasteiger partial charge is 0.0785 e. The number of halogens is 1. The highest BCUT2D eigenvalue weighted by atomic mass is 35.5. The zero-order valence-corrected chi connectivity index (χ0v) is 11.2. The van der Waals surface area contributed by atoms with Crippen molar-refractivity contribution < 1.29 is 4.74 Å². The van der Waals surface area contributed by atoms with Crippen molar-refractivity contribution in [3.63, 3.8) is 0 Å². The summed E-state index contributed by atoms with van der Waals surface area (Å²) in [5, 5.41) is 8.26. The lowest BCUT2D eigenvalue weighted by Gasteiger charge is -2.16. The van der Waals surface area contributed by atoms with Crippen LogP contribution in [0.4, 0.5) is 0 Å². The highest BCUT2D eigenvalue weighted by Crippen LogP contribution is 2.21. The van der Waals surface area contributed by atoms with Crippen molar-refractivity contribution in [1.29, 1.82) is 0 Å². The van der Waals surface area contributed by atoms with Gasteiger partial charge < -0.3 is 10.1 Å². The molecule has 1 fully saturated rings. The molecule has 96 valence electrons. The van der Waals surface area contributed by atoms with Gasteiger partial charge in [0.2, 0.25) is 0 Å². The van der Waals surface area contributed by atoms with Gasteiger partial charge in [0, 0.05) is 18.8 Å². The molecule has 5 heteroatoms. The Labute approximate surface area is 107 Å². The molecule has 0 bridgehead atoms. The quantitative estimate of drug-likeness (QED) is 0.878. The van der Waals surface area contributed by atoms with Crippen LogP contribution in [0.1, 0.15) is 26.7 Å². The molecule has 2 rings (SSSR count). The maximum atomic E-state index is 5.96. The highest BCUT2D eigenvalue weighted by Gasteiger charge is 2.25. The molecule has 0 spiro atoms. The summed E-state index contributed by atoms with van der Waals surface area (Å²) >= 11 is 5.82. The maximum Gasteiger partial charge on any atom is 0.0785 e. The van der Waals surface area contributed by atoms with E-state index in [1.165, 1.54) is 0 Å². The summed E-state index contributed by atoms with van der Waals surface area (Å²) in [4.78, 5) is 0. The van der Waals surface area contributed by atoms with Gasteiger partial charge in [-0.15, -0.1) is 0 Å². The Kier molecular flexibility index (Phi) is 4.42.